The Balaban J connectivity index is -0.0000000400. The van der Waals surface area contributed by atoms with Gasteiger partial charge in [0, 0.05) is 0 Å². The van der Waals surface area contributed by atoms with Crippen molar-refractivity contribution < 1.29 is 72.9 Å². The van der Waals surface area contributed by atoms with Gasteiger partial charge >= 0.3 is 41.7 Å². The summed E-state index contributed by atoms with van der Waals surface area (Å²) in [5.74, 6) is 0. The molecule has 6 nitrogen and oxygen atoms in total. The van der Waals surface area contributed by atoms with Crippen LogP contribution in [0.25, 0.3) is 0 Å². The molecule has 7 heteroatoms. The first-order chi connectivity index (χ1) is 2.83. The maximum Gasteiger partial charge on any atom is 4.00 e. The van der Waals surface area contributed by atoms with Gasteiger partial charge in [0.15, 0.2) is 0 Å². The zero-order valence-electron chi connectivity index (χ0n) is 2.95. The molecule has 0 aromatic heterocycles. The van der Waals surface area contributed by atoms with Crippen molar-refractivity contribution >= 4 is 0 Å². The summed E-state index contributed by atoms with van der Waals surface area (Å²) in [4.78, 5) is 0. The number of hydrogen-bond acceptors (Lipinski definition) is 6. The summed E-state index contributed by atoms with van der Waals surface area (Å²) in [5, 5.41) is 35.0. The van der Waals surface area contributed by atoms with Gasteiger partial charge in [0.1, 0.15) is 0 Å². The Labute approximate surface area is 72.4 Å². The van der Waals surface area contributed by atoms with Crippen molar-refractivity contribution in [3.8, 4) is 0 Å². The molecule has 0 heterocycles. The van der Waals surface area contributed by atoms with E-state index in [1.165, 1.54) is 0 Å². The van der Waals surface area contributed by atoms with Crippen LogP contribution in [-0.2, 0) is 10.1 Å². The van der Waals surface area contributed by atoms with Crippen molar-refractivity contribution in [2.45, 2.75) is 0 Å². The molecule has 0 saturated heterocycles. The summed E-state index contributed by atoms with van der Waals surface area (Å²) in [7, 11) is 0. The van der Waals surface area contributed by atoms with Crippen LogP contribution in [0.4, 0.5) is 0 Å². The zero-order chi connectivity index (χ0) is 5.41. The average Bonchev–Trinajstić information content (AvgIpc) is 1.39. The molecule has 0 aliphatic heterocycles. The van der Waals surface area contributed by atoms with E-state index in [-0.39, 0.29) is 41.7 Å². The van der Waals surface area contributed by atoms with E-state index in [0.717, 1.165) is 0 Å². The van der Waals surface area contributed by atoms with Crippen LogP contribution in [0.15, 0.2) is 0 Å². The second-order valence-corrected chi connectivity index (χ2v) is 0.136. The van der Waals surface area contributed by atoms with Gasteiger partial charge in [0.2, 0.25) is 0 Å². The third-order valence-electron chi connectivity index (χ3n) is 0. The molecule has 0 N–H and O–H groups in total. The molecule has 0 saturated carbocycles. The molecule has 0 radical (unpaired) electrons. The first-order valence-corrected chi connectivity index (χ1v) is 0.667. The second kappa shape index (κ2) is 27.3. The van der Waals surface area contributed by atoms with Crippen LogP contribution in [-0.4, -0.2) is 0 Å². The fraction of sp³-hybridized carbons (Fsp3) is 0. The molecule has 7 heavy (non-hydrogen) atoms. The van der Waals surface area contributed by atoms with Gasteiger partial charge in [-0.3, -0.25) is 0 Å². The molecular weight excluding hydrogens is 236 g/mol. The monoisotopic (exact) mass is 236 g/mol. The zero-order valence-corrected chi connectivity index (χ0v) is 6.09. The molecular formula is CeO6. The van der Waals surface area contributed by atoms with Gasteiger partial charge in [-0.15, -0.1) is 0 Å². The van der Waals surface area contributed by atoms with Gasteiger partial charge in [-0.1, -0.05) is 0 Å². The van der Waals surface area contributed by atoms with E-state index in [9.17, 15) is 0 Å². The Morgan fingerprint density at radius 3 is 0.714 bits per heavy atom. The number of rotatable bonds is 0. The Morgan fingerprint density at radius 1 is 0.714 bits per heavy atom. The van der Waals surface area contributed by atoms with E-state index in [4.69, 9.17) is 21.0 Å². The van der Waals surface area contributed by atoms with E-state index in [0.29, 0.717) is 0 Å². The van der Waals surface area contributed by atoms with E-state index in [1.807, 2.05) is 0 Å². The summed E-state index contributed by atoms with van der Waals surface area (Å²) >= 11 is 0. The van der Waals surface area contributed by atoms with Crippen LogP contribution in [0.5, 0.6) is 0 Å². The van der Waals surface area contributed by atoms with Crippen molar-refractivity contribution in [2.75, 3.05) is 0 Å². The van der Waals surface area contributed by atoms with E-state index in [2.05, 4.69) is 0 Å². The quantitative estimate of drug-likeness (QED) is 0.308. The maximum absolute atomic E-state index is 7.88. The molecule has 0 spiro atoms. The molecule has 0 aliphatic rings. The van der Waals surface area contributed by atoms with Crippen LogP contribution < -0.4 is 21.0 Å². The third kappa shape index (κ3) is 146. The molecule has 0 fully saturated rings. The molecule has 0 rings (SSSR count). The average molecular weight is 236 g/mol. The minimum Gasteiger partial charge on any atom is -0.734 e. The van der Waals surface area contributed by atoms with Crippen molar-refractivity contribution in [3.05, 3.63) is 0 Å². The first-order valence-electron chi connectivity index (χ1n) is 0.667. The van der Waals surface area contributed by atoms with Gasteiger partial charge in [0.05, 0.1) is 0 Å². The molecule has 40 valence electrons. The van der Waals surface area contributed by atoms with Crippen molar-refractivity contribution in [1.82, 2.24) is 0 Å². The topological polar surface area (TPSA) is 111 Å². The number of hydrogen-bond donors (Lipinski definition) is 0. The van der Waals surface area contributed by atoms with Gasteiger partial charge in [-0.25, -0.2) is 0 Å². The summed E-state index contributed by atoms with van der Waals surface area (Å²) < 4.78 is 0. The van der Waals surface area contributed by atoms with Crippen molar-refractivity contribution in [2.24, 2.45) is 0 Å². The predicted molar refractivity (Wildman–Crippen MR) is 2.17 cm³/mol. The van der Waals surface area contributed by atoms with E-state index < -0.39 is 0 Å². The Kier molecular flexibility index (Phi) is 61.3. The van der Waals surface area contributed by atoms with Crippen LogP contribution in [0.3, 0.4) is 0 Å². The van der Waals surface area contributed by atoms with E-state index in [1.54, 1.807) is 10.1 Å². The SMILES string of the molecule is [Ce+4].[O-]O[O-].[O-]O[O-]. The summed E-state index contributed by atoms with van der Waals surface area (Å²) in [6.45, 7) is 0. The standard InChI is InChI=1S/Ce.2H2O3/c;2*1-3-2/h;2*1-2H/q+4;;/p-4. The molecule has 0 atom stereocenters. The Morgan fingerprint density at radius 2 is 0.714 bits per heavy atom. The summed E-state index contributed by atoms with van der Waals surface area (Å²) in [5.41, 5.74) is 0. The van der Waals surface area contributed by atoms with Crippen LogP contribution >= 0.6 is 0 Å². The normalized spacial score (nSPS) is 5.14. The Bertz CT molecular complexity index is 6.14. The van der Waals surface area contributed by atoms with Crippen LogP contribution in [0.2, 0.25) is 0 Å². The van der Waals surface area contributed by atoms with Gasteiger partial charge in [0.25, 0.3) is 0 Å². The molecule has 0 amide bonds. The fourth-order valence-corrected chi connectivity index (χ4v) is 0. The van der Waals surface area contributed by atoms with Gasteiger partial charge in [-0.2, -0.15) is 0 Å². The summed E-state index contributed by atoms with van der Waals surface area (Å²) in [6, 6.07) is 0. The minimum absolute atomic E-state index is 0. The predicted octanol–water partition coefficient (Wildman–Crippen LogP) is -4.89. The molecule has 0 aromatic rings. The fourth-order valence-electron chi connectivity index (χ4n) is 0. The Hall–Kier alpha value is 1.14. The smallest absolute Gasteiger partial charge is 0.734 e. The maximum atomic E-state index is 7.88. The van der Waals surface area contributed by atoms with Crippen LogP contribution in [0, 0.1) is 41.7 Å². The largest absolute Gasteiger partial charge is 4.00 e. The van der Waals surface area contributed by atoms with Crippen LogP contribution in [0.1, 0.15) is 0 Å². The van der Waals surface area contributed by atoms with Crippen molar-refractivity contribution in [1.29, 1.82) is 0 Å². The molecule has 0 aliphatic carbocycles. The van der Waals surface area contributed by atoms with E-state index >= 15 is 0 Å². The van der Waals surface area contributed by atoms with Gasteiger partial charge < -0.3 is 31.1 Å². The summed E-state index contributed by atoms with van der Waals surface area (Å²) in [6.07, 6.45) is 0. The van der Waals surface area contributed by atoms with Crippen molar-refractivity contribution in [3.63, 3.8) is 0 Å². The molecule has 0 aromatic carbocycles. The van der Waals surface area contributed by atoms with Gasteiger partial charge in [-0.05, 0) is 0 Å². The molecule has 0 unspecified atom stereocenters. The third-order valence-corrected chi connectivity index (χ3v) is 0. The second-order valence-electron chi connectivity index (χ2n) is 0.136. The minimum atomic E-state index is 0. The first kappa shape index (κ1) is 15.7. The molecule has 0 bridgehead atoms.